The molecule has 2 aliphatic rings. The molecule has 6 heteroatoms. The number of nitrogens with one attached hydrogen (secondary N) is 1. The van der Waals surface area contributed by atoms with Crippen LogP contribution >= 0.6 is 15.9 Å². The molecule has 0 saturated carbocycles. The molecule has 5 nitrogen and oxygen atoms in total. The van der Waals surface area contributed by atoms with Gasteiger partial charge in [0.1, 0.15) is 13.2 Å². The van der Waals surface area contributed by atoms with Crippen molar-refractivity contribution in [3.63, 3.8) is 0 Å². The first-order chi connectivity index (χ1) is 10.1. The van der Waals surface area contributed by atoms with Crippen molar-refractivity contribution in [1.29, 1.82) is 0 Å². The second-order valence-electron chi connectivity index (χ2n) is 5.56. The summed E-state index contributed by atoms with van der Waals surface area (Å²) in [6.07, 6.45) is 2.15. The first-order valence-corrected chi connectivity index (χ1v) is 8.01. The Bertz CT molecular complexity index is 550. The van der Waals surface area contributed by atoms with Crippen molar-refractivity contribution in [1.82, 2.24) is 10.2 Å². The Labute approximate surface area is 132 Å². The Morgan fingerprint density at radius 3 is 3.00 bits per heavy atom. The molecule has 114 valence electrons. The van der Waals surface area contributed by atoms with Crippen molar-refractivity contribution >= 4 is 21.8 Å². The molecule has 1 aromatic rings. The quantitative estimate of drug-likeness (QED) is 0.882. The zero-order chi connectivity index (χ0) is 14.8. The molecule has 1 saturated heterocycles. The lowest BCUT2D eigenvalue weighted by Gasteiger charge is -2.30. The number of hydrogen-bond acceptors (Lipinski definition) is 4. The summed E-state index contributed by atoms with van der Waals surface area (Å²) in [5, 5.41) is 3.10. The van der Waals surface area contributed by atoms with Crippen LogP contribution in [0.4, 0.5) is 0 Å². The molecule has 2 heterocycles. The number of amides is 1. The van der Waals surface area contributed by atoms with Crippen LogP contribution in [-0.2, 0) is 0 Å². The Balaban J connectivity index is 1.74. The molecule has 1 fully saturated rings. The van der Waals surface area contributed by atoms with Crippen LogP contribution in [0.1, 0.15) is 23.2 Å². The summed E-state index contributed by atoms with van der Waals surface area (Å²) in [6, 6.07) is 3.75. The summed E-state index contributed by atoms with van der Waals surface area (Å²) in [5.74, 6) is 1.24. The zero-order valence-corrected chi connectivity index (χ0v) is 13.6. The fourth-order valence-corrected chi connectivity index (χ4v) is 3.35. The number of hydrogen-bond donors (Lipinski definition) is 1. The van der Waals surface area contributed by atoms with Crippen LogP contribution in [0.3, 0.4) is 0 Å². The van der Waals surface area contributed by atoms with Crippen LogP contribution in [0, 0.1) is 0 Å². The molecule has 1 N–H and O–H groups in total. The van der Waals surface area contributed by atoms with Gasteiger partial charge in [0.2, 0.25) is 0 Å². The van der Waals surface area contributed by atoms with Crippen LogP contribution in [0.2, 0.25) is 0 Å². The van der Waals surface area contributed by atoms with Crippen molar-refractivity contribution in [3.05, 3.63) is 22.2 Å². The maximum atomic E-state index is 12.4. The lowest BCUT2D eigenvalue weighted by atomic mass is 10.1. The predicted molar refractivity (Wildman–Crippen MR) is 83.1 cm³/mol. The SMILES string of the molecule is CN1CCC[C@H](NC(=O)c2cc(Br)c3c(c2)OCCO3)C1. The van der Waals surface area contributed by atoms with Gasteiger partial charge < -0.3 is 19.7 Å². The monoisotopic (exact) mass is 354 g/mol. The highest BCUT2D eigenvalue weighted by Gasteiger charge is 2.22. The largest absolute Gasteiger partial charge is 0.486 e. The van der Waals surface area contributed by atoms with Crippen molar-refractivity contribution in [2.45, 2.75) is 18.9 Å². The van der Waals surface area contributed by atoms with Gasteiger partial charge in [-0.2, -0.15) is 0 Å². The minimum atomic E-state index is -0.0621. The van der Waals surface area contributed by atoms with E-state index in [1.54, 1.807) is 12.1 Å². The number of carbonyl (C=O) groups is 1. The fraction of sp³-hybridized carbons (Fsp3) is 0.533. The predicted octanol–water partition coefficient (Wildman–Crippen LogP) is 2.04. The van der Waals surface area contributed by atoms with Crippen LogP contribution < -0.4 is 14.8 Å². The van der Waals surface area contributed by atoms with Gasteiger partial charge in [0.05, 0.1) is 4.47 Å². The van der Waals surface area contributed by atoms with Gasteiger partial charge in [-0.25, -0.2) is 0 Å². The molecule has 21 heavy (non-hydrogen) atoms. The molecular weight excluding hydrogens is 336 g/mol. The lowest BCUT2D eigenvalue weighted by molar-refractivity contribution is 0.0911. The van der Waals surface area contributed by atoms with E-state index in [0.717, 1.165) is 30.4 Å². The third-order valence-corrected chi connectivity index (χ3v) is 4.41. The van der Waals surface area contributed by atoms with Crippen molar-refractivity contribution in [2.24, 2.45) is 0 Å². The van der Waals surface area contributed by atoms with E-state index in [1.165, 1.54) is 0 Å². The molecule has 2 aliphatic heterocycles. The molecule has 1 aromatic carbocycles. The Morgan fingerprint density at radius 1 is 1.38 bits per heavy atom. The number of piperidine rings is 1. The summed E-state index contributed by atoms with van der Waals surface area (Å²) in [6.45, 7) is 3.04. The molecule has 0 aromatic heterocycles. The molecule has 0 spiro atoms. The number of carbonyl (C=O) groups excluding carboxylic acids is 1. The van der Waals surface area contributed by atoms with Crippen molar-refractivity contribution < 1.29 is 14.3 Å². The summed E-state index contributed by atoms with van der Waals surface area (Å²) < 4.78 is 11.9. The number of likely N-dealkylation sites (tertiary alicyclic amines) is 1. The smallest absolute Gasteiger partial charge is 0.251 e. The Hall–Kier alpha value is -1.27. The minimum absolute atomic E-state index is 0.0621. The summed E-state index contributed by atoms with van der Waals surface area (Å²) >= 11 is 3.44. The van der Waals surface area contributed by atoms with E-state index < -0.39 is 0 Å². The van der Waals surface area contributed by atoms with E-state index in [4.69, 9.17) is 9.47 Å². The zero-order valence-electron chi connectivity index (χ0n) is 12.0. The number of nitrogens with zero attached hydrogens (tertiary/aromatic N) is 1. The van der Waals surface area contributed by atoms with Gasteiger partial charge in [0.15, 0.2) is 11.5 Å². The van der Waals surface area contributed by atoms with Crippen LogP contribution in [0.25, 0.3) is 0 Å². The molecule has 0 aliphatic carbocycles. The van der Waals surface area contributed by atoms with Gasteiger partial charge in [0, 0.05) is 18.2 Å². The normalized spacial score (nSPS) is 21.9. The van der Waals surface area contributed by atoms with E-state index in [2.05, 4.69) is 33.2 Å². The van der Waals surface area contributed by atoms with Crippen LogP contribution in [-0.4, -0.2) is 50.2 Å². The first-order valence-electron chi connectivity index (χ1n) is 7.22. The Morgan fingerprint density at radius 2 is 2.19 bits per heavy atom. The maximum Gasteiger partial charge on any atom is 0.251 e. The highest BCUT2D eigenvalue weighted by molar-refractivity contribution is 9.10. The molecule has 1 amide bonds. The highest BCUT2D eigenvalue weighted by atomic mass is 79.9. The van der Waals surface area contributed by atoms with Gasteiger partial charge >= 0.3 is 0 Å². The van der Waals surface area contributed by atoms with Gasteiger partial charge in [-0.3, -0.25) is 4.79 Å². The lowest BCUT2D eigenvalue weighted by Crippen LogP contribution is -2.46. The molecule has 0 unspecified atom stereocenters. The standard InChI is InChI=1S/C15H19BrN2O3/c1-18-4-2-3-11(9-18)17-15(19)10-7-12(16)14-13(8-10)20-5-6-21-14/h7-8,11H,2-6,9H2,1H3,(H,17,19)/t11-/m0/s1. The third kappa shape index (κ3) is 3.32. The van der Waals surface area contributed by atoms with E-state index in [1.807, 2.05) is 0 Å². The fourth-order valence-electron chi connectivity index (χ4n) is 2.79. The second kappa shape index (κ2) is 6.23. The van der Waals surface area contributed by atoms with E-state index in [0.29, 0.717) is 30.3 Å². The van der Waals surface area contributed by atoms with Crippen molar-refractivity contribution in [2.75, 3.05) is 33.4 Å². The van der Waals surface area contributed by atoms with Gasteiger partial charge in [-0.05, 0) is 54.5 Å². The molecule has 3 rings (SSSR count). The molecule has 1 atom stereocenters. The van der Waals surface area contributed by atoms with Gasteiger partial charge in [-0.15, -0.1) is 0 Å². The average molecular weight is 355 g/mol. The van der Waals surface area contributed by atoms with Gasteiger partial charge in [0.25, 0.3) is 5.91 Å². The minimum Gasteiger partial charge on any atom is -0.486 e. The van der Waals surface area contributed by atoms with E-state index in [-0.39, 0.29) is 11.9 Å². The topological polar surface area (TPSA) is 50.8 Å². The van der Waals surface area contributed by atoms with E-state index >= 15 is 0 Å². The number of ether oxygens (including phenoxy) is 2. The second-order valence-corrected chi connectivity index (χ2v) is 6.41. The van der Waals surface area contributed by atoms with Crippen molar-refractivity contribution in [3.8, 4) is 11.5 Å². The first kappa shape index (κ1) is 14.7. The third-order valence-electron chi connectivity index (χ3n) is 3.82. The summed E-state index contributed by atoms with van der Waals surface area (Å²) in [5.41, 5.74) is 0.597. The number of fused-ring (bicyclic) bond motifs is 1. The summed E-state index contributed by atoms with van der Waals surface area (Å²) in [7, 11) is 2.08. The van der Waals surface area contributed by atoms with Crippen LogP contribution in [0.5, 0.6) is 11.5 Å². The summed E-state index contributed by atoms with van der Waals surface area (Å²) in [4.78, 5) is 14.7. The number of likely N-dealkylation sites (N-methyl/N-ethyl adjacent to an activating group) is 1. The average Bonchev–Trinajstić information content (AvgIpc) is 2.47. The molecular formula is C15H19BrN2O3. The van der Waals surface area contributed by atoms with Gasteiger partial charge in [-0.1, -0.05) is 0 Å². The number of benzene rings is 1. The highest BCUT2D eigenvalue weighted by Crippen LogP contribution is 2.38. The Kier molecular flexibility index (Phi) is 4.35. The number of halogens is 1. The molecule has 0 radical (unpaired) electrons. The molecule has 0 bridgehead atoms. The number of rotatable bonds is 2. The van der Waals surface area contributed by atoms with E-state index in [9.17, 15) is 4.79 Å². The van der Waals surface area contributed by atoms with Crippen LogP contribution in [0.15, 0.2) is 16.6 Å². The maximum absolute atomic E-state index is 12.4.